The fourth-order valence-electron chi connectivity index (χ4n) is 2.44. The van der Waals surface area contributed by atoms with Crippen LogP contribution < -0.4 is 5.32 Å². The van der Waals surface area contributed by atoms with Crippen LogP contribution in [-0.2, 0) is 0 Å². The van der Waals surface area contributed by atoms with E-state index in [1.54, 1.807) is 17.8 Å². The molecule has 0 amide bonds. The van der Waals surface area contributed by atoms with E-state index in [0.29, 0.717) is 16.3 Å². The van der Waals surface area contributed by atoms with Gasteiger partial charge in [0.1, 0.15) is 11.9 Å². The van der Waals surface area contributed by atoms with E-state index < -0.39 is 5.82 Å². The van der Waals surface area contributed by atoms with Gasteiger partial charge in [0.25, 0.3) is 0 Å². The number of nitriles is 1. The summed E-state index contributed by atoms with van der Waals surface area (Å²) in [5.74, 6) is 0.592. The Bertz CT molecular complexity index is 727. The van der Waals surface area contributed by atoms with Crippen molar-refractivity contribution in [3.8, 4) is 6.07 Å². The van der Waals surface area contributed by atoms with Crippen LogP contribution in [0.15, 0.2) is 41.3 Å². The van der Waals surface area contributed by atoms with E-state index >= 15 is 0 Å². The molecule has 2 nitrogen and oxygen atoms in total. The summed E-state index contributed by atoms with van der Waals surface area (Å²) in [6.07, 6.45) is 0.931. The Kier molecular flexibility index (Phi) is 4.05. The smallest absolute Gasteiger partial charge is 0.124 e. The number of thioether (sulfide) groups is 1. The van der Waals surface area contributed by atoms with E-state index in [1.165, 1.54) is 17.0 Å². The minimum Gasteiger partial charge on any atom is -0.377 e. The maximum absolute atomic E-state index is 13.2. The van der Waals surface area contributed by atoms with Crippen LogP contribution in [0.5, 0.6) is 0 Å². The summed E-state index contributed by atoms with van der Waals surface area (Å²) in [6, 6.07) is 12.2. The van der Waals surface area contributed by atoms with Crippen molar-refractivity contribution in [3.63, 3.8) is 0 Å². The third-order valence-electron chi connectivity index (χ3n) is 3.44. The molecular formula is C16H12ClFN2S. The fraction of sp³-hybridized carbons (Fsp3) is 0.188. The summed E-state index contributed by atoms with van der Waals surface area (Å²) in [6.45, 7) is 0. The molecule has 0 aromatic heterocycles. The highest BCUT2D eigenvalue weighted by atomic mass is 35.5. The van der Waals surface area contributed by atoms with Crippen molar-refractivity contribution in [2.24, 2.45) is 0 Å². The van der Waals surface area contributed by atoms with Gasteiger partial charge in [-0.15, -0.1) is 11.8 Å². The van der Waals surface area contributed by atoms with Crippen LogP contribution >= 0.6 is 23.4 Å². The highest BCUT2D eigenvalue weighted by Crippen LogP contribution is 2.39. The molecule has 1 aliphatic heterocycles. The first-order chi connectivity index (χ1) is 10.2. The topological polar surface area (TPSA) is 35.8 Å². The molecule has 2 aromatic rings. The maximum atomic E-state index is 13.2. The first kappa shape index (κ1) is 14.2. The molecule has 1 unspecified atom stereocenters. The van der Waals surface area contributed by atoms with Gasteiger partial charge < -0.3 is 5.32 Å². The second-order valence-electron chi connectivity index (χ2n) is 4.82. The minimum atomic E-state index is -0.403. The molecule has 21 heavy (non-hydrogen) atoms. The van der Waals surface area contributed by atoms with Crippen LogP contribution in [0.2, 0.25) is 5.02 Å². The van der Waals surface area contributed by atoms with E-state index in [9.17, 15) is 4.39 Å². The van der Waals surface area contributed by atoms with Crippen molar-refractivity contribution in [3.05, 3.63) is 58.4 Å². The van der Waals surface area contributed by atoms with Crippen molar-refractivity contribution in [2.45, 2.75) is 17.4 Å². The largest absolute Gasteiger partial charge is 0.377 e. The normalized spacial score (nSPS) is 16.9. The van der Waals surface area contributed by atoms with Crippen LogP contribution in [0, 0.1) is 17.1 Å². The van der Waals surface area contributed by atoms with E-state index in [4.69, 9.17) is 16.9 Å². The summed E-state index contributed by atoms with van der Waals surface area (Å²) in [5.41, 5.74) is 2.10. The molecule has 0 radical (unpaired) electrons. The maximum Gasteiger partial charge on any atom is 0.124 e. The summed E-state index contributed by atoms with van der Waals surface area (Å²) < 4.78 is 13.2. The number of anilines is 1. The number of nitrogens with one attached hydrogen (secondary N) is 1. The third kappa shape index (κ3) is 2.99. The van der Waals surface area contributed by atoms with Gasteiger partial charge >= 0.3 is 0 Å². The summed E-state index contributed by atoms with van der Waals surface area (Å²) in [4.78, 5) is 1.20. The minimum absolute atomic E-state index is 0.0810. The molecular weight excluding hydrogens is 307 g/mol. The molecule has 0 fully saturated rings. The summed E-state index contributed by atoms with van der Waals surface area (Å²) in [5, 5.41) is 13.2. The lowest BCUT2D eigenvalue weighted by molar-refractivity contribution is 0.627. The van der Waals surface area contributed by atoms with Crippen LogP contribution in [0.3, 0.4) is 0 Å². The highest BCUT2D eigenvalue weighted by Gasteiger charge is 2.21. The van der Waals surface area contributed by atoms with Crippen LogP contribution in [0.1, 0.15) is 23.6 Å². The number of fused-ring (bicyclic) bond motifs is 1. The lowest BCUT2D eigenvalue weighted by Crippen LogP contribution is -2.16. The van der Waals surface area contributed by atoms with Gasteiger partial charge in [0, 0.05) is 15.7 Å². The van der Waals surface area contributed by atoms with E-state index in [2.05, 4.69) is 5.32 Å². The predicted octanol–water partition coefficient (Wildman–Crippen LogP) is 5.00. The standard InChI is InChI=1S/C16H12ClFN2S/c17-11-1-4-16-13(8-11)15(5-6-21-16)20-14-3-2-12(18)7-10(14)9-19/h1-4,7-8,15,20H,5-6H2. The fourth-order valence-corrected chi connectivity index (χ4v) is 3.72. The monoisotopic (exact) mass is 318 g/mol. The molecule has 1 atom stereocenters. The van der Waals surface area contributed by atoms with Crippen LogP contribution in [0.25, 0.3) is 0 Å². The number of rotatable bonds is 2. The van der Waals surface area contributed by atoms with Crippen molar-refractivity contribution >= 4 is 29.1 Å². The zero-order valence-corrected chi connectivity index (χ0v) is 12.6. The number of hydrogen-bond acceptors (Lipinski definition) is 3. The van der Waals surface area contributed by atoms with Gasteiger partial charge in [-0.2, -0.15) is 5.26 Å². The molecule has 1 heterocycles. The van der Waals surface area contributed by atoms with Crippen molar-refractivity contribution < 1.29 is 4.39 Å². The highest BCUT2D eigenvalue weighted by molar-refractivity contribution is 7.99. The zero-order valence-electron chi connectivity index (χ0n) is 11.1. The summed E-state index contributed by atoms with van der Waals surface area (Å²) in [7, 11) is 0. The van der Waals surface area contributed by atoms with Gasteiger partial charge in [-0.1, -0.05) is 11.6 Å². The van der Waals surface area contributed by atoms with Crippen molar-refractivity contribution in [2.75, 3.05) is 11.1 Å². The lowest BCUT2D eigenvalue weighted by atomic mass is 10.0. The number of hydrogen-bond donors (Lipinski definition) is 1. The Labute approximate surface area is 131 Å². The molecule has 1 N–H and O–H groups in total. The molecule has 1 aliphatic rings. The quantitative estimate of drug-likeness (QED) is 0.846. The van der Waals surface area contributed by atoms with E-state index in [0.717, 1.165) is 17.7 Å². The Morgan fingerprint density at radius 3 is 2.95 bits per heavy atom. The second-order valence-corrected chi connectivity index (χ2v) is 6.39. The zero-order chi connectivity index (χ0) is 14.8. The molecule has 0 spiro atoms. The summed E-state index contributed by atoms with van der Waals surface area (Å²) >= 11 is 7.89. The van der Waals surface area contributed by atoms with Gasteiger partial charge in [0.15, 0.2) is 0 Å². The van der Waals surface area contributed by atoms with Gasteiger partial charge in [-0.25, -0.2) is 4.39 Å². The van der Waals surface area contributed by atoms with Crippen LogP contribution in [-0.4, -0.2) is 5.75 Å². The number of nitrogens with zero attached hydrogens (tertiary/aromatic N) is 1. The molecule has 5 heteroatoms. The van der Waals surface area contributed by atoms with Crippen molar-refractivity contribution in [1.82, 2.24) is 0 Å². The molecule has 3 rings (SSSR count). The Morgan fingerprint density at radius 1 is 1.29 bits per heavy atom. The average molecular weight is 319 g/mol. The SMILES string of the molecule is N#Cc1cc(F)ccc1NC1CCSc2ccc(Cl)cc21. The van der Waals surface area contributed by atoms with E-state index in [1.807, 2.05) is 24.3 Å². The Balaban J connectivity index is 1.94. The molecule has 0 aliphatic carbocycles. The van der Waals surface area contributed by atoms with Gasteiger partial charge in [-0.3, -0.25) is 0 Å². The van der Waals surface area contributed by atoms with Crippen LogP contribution in [0.4, 0.5) is 10.1 Å². The Morgan fingerprint density at radius 2 is 2.14 bits per heavy atom. The first-order valence-corrected chi connectivity index (χ1v) is 7.92. The molecule has 106 valence electrons. The van der Waals surface area contributed by atoms with E-state index in [-0.39, 0.29) is 6.04 Å². The number of halogens is 2. The third-order valence-corrected chi connectivity index (χ3v) is 4.80. The second kappa shape index (κ2) is 5.97. The van der Waals surface area contributed by atoms with Gasteiger partial charge in [0.2, 0.25) is 0 Å². The molecule has 2 aromatic carbocycles. The van der Waals surface area contributed by atoms with Gasteiger partial charge in [0.05, 0.1) is 17.3 Å². The number of benzene rings is 2. The average Bonchev–Trinajstić information content (AvgIpc) is 2.49. The molecule has 0 saturated carbocycles. The predicted molar refractivity (Wildman–Crippen MR) is 84.3 cm³/mol. The molecule has 0 saturated heterocycles. The van der Waals surface area contributed by atoms with Crippen molar-refractivity contribution in [1.29, 1.82) is 5.26 Å². The lowest BCUT2D eigenvalue weighted by Gasteiger charge is -2.27. The Hall–Kier alpha value is -1.70. The first-order valence-electron chi connectivity index (χ1n) is 6.56. The molecule has 0 bridgehead atoms. The van der Waals surface area contributed by atoms with Gasteiger partial charge in [-0.05, 0) is 48.4 Å².